The van der Waals surface area contributed by atoms with Crippen molar-refractivity contribution in [3.8, 4) is 0 Å². The topological polar surface area (TPSA) is 98.2 Å². The highest BCUT2D eigenvalue weighted by Crippen LogP contribution is 2.21. The van der Waals surface area contributed by atoms with Crippen LogP contribution in [0.3, 0.4) is 0 Å². The summed E-state index contributed by atoms with van der Waals surface area (Å²) in [6.45, 7) is 1.86. The Morgan fingerprint density at radius 2 is 1.86 bits per heavy atom. The maximum absolute atomic E-state index is 12.1. The quantitative estimate of drug-likeness (QED) is 0.760. The fraction of sp³-hybridized carbons (Fsp3) is 0.0667. The number of carbonyl (C=O) groups excluding carboxylic acids is 2. The molecule has 108 valence electrons. The molecule has 0 bridgehead atoms. The van der Waals surface area contributed by atoms with Crippen LogP contribution >= 0.6 is 11.6 Å². The highest BCUT2D eigenvalue weighted by molar-refractivity contribution is 6.34. The van der Waals surface area contributed by atoms with Gasteiger partial charge in [0.2, 0.25) is 5.91 Å². The summed E-state index contributed by atoms with van der Waals surface area (Å²) >= 11 is 5.85. The molecule has 0 aromatic heterocycles. The highest BCUT2D eigenvalue weighted by atomic mass is 35.5. The number of primary amides is 1. The number of hydrogen-bond donors (Lipinski definition) is 3. The number of halogens is 1. The van der Waals surface area contributed by atoms with Crippen molar-refractivity contribution >= 4 is 34.8 Å². The van der Waals surface area contributed by atoms with E-state index < -0.39 is 5.91 Å². The van der Waals surface area contributed by atoms with E-state index in [1.165, 1.54) is 12.1 Å². The normalized spacial score (nSPS) is 10.2. The molecular weight excluding hydrogens is 290 g/mol. The number of nitrogen functional groups attached to an aromatic ring is 1. The molecule has 0 unspecified atom stereocenters. The van der Waals surface area contributed by atoms with Crippen LogP contribution in [-0.4, -0.2) is 11.8 Å². The van der Waals surface area contributed by atoms with Crippen LogP contribution in [-0.2, 0) is 0 Å². The van der Waals surface area contributed by atoms with Crippen molar-refractivity contribution in [2.45, 2.75) is 6.92 Å². The summed E-state index contributed by atoms with van der Waals surface area (Å²) in [6, 6.07) is 9.55. The zero-order valence-corrected chi connectivity index (χ0v) is 12.1. The minimum atomic E-state index is -0.657. The second-order valence-electron chi connectivity index (χ2n) is 4.58. The molecule has 0 radical (unpaired) electrons. The third-order valence-electron chi connectivity index (χ3n) is 3.03. The number of rotatable bonds is 3. The lowest BCUT2D eigenvalue weighted by atomic mass is 10.1. The summed E-state index contributed by atoms with van der Waals surface area (Å²) in [5.41, 5.74) is 13.4. The van der Waals surface area contributed by atoms with E-state index in [1.807, 2.05) is 6.92 Å². The van der Waals surface area contributed by atoms with E-state index in [0.717, 1.165) is 5.56 Å². The molecule has 5 nitrogen and oxygen atoms in total. The molecule has 0 atom stereocenters. The molecule has 6 heteroatoms. The van der Waals surface area contributed by atoms with Crippen molar-refractivity contribution in [1.82, 2.24) is 0 Å². The highest BCUT2D eigenvalue weighted by Gasteiger charge is 2.11. The molecule has 21 heavy (non-hydrogen) atoms. The number of nitrogens with two attached hydrogens (primary N) is 2. The smallest absolute Gasteiger partial charge is 0.255 e. The van der Waals surface area contributed by atoms with Gasteiger partial charge in [-0.1, -0.05) is 17.7 Å². The lowest BCUT2D eigenvalue weighted by Crippen LogP contribution is -2.15. The van der Waals surface area contributed by atoms with Crippen LogP contribution < -0.4 is 16.8 Å². The van der Waals surface area contributed by atoms with Gasteiger partial charge in [0.25, 0.3) is 5.91 Å². The molecule has 0 fully saturated rings. The van der Waals surface area contributed by atoms with Crippen molar-refractivity contribution in [2.24, 2.45) is 5.73 Å². The minimum Gasteiger partial charge on any atom is -0.398 e. The average molecular weight is 304 g/mol. The molecule has 5 N–H and O–H groups in total. The van der Waals surface area contributed by atoms with E-state index in [9.17, 15) is 9.59 Å². The largest absolute Gasteiger partial charge is 0.398 e. The van der Waals surface area contributed by atoms with E-state index in [1.54, 1.807) is 24.3 Å². The van der Waals surface area contributed by atoms with Crippen molar-refractivity contribution < 1.29 is 9.59 Å². The number of hydrogen-bond acceptors (Lipinski definition) is 3. The van der Waals surface area contributed by atoms with Gasteiger partial charge in [-0.3, -0.25) is 9.59 Å². The van der Waals surface area contributed by atoms with Gasteiger partial charge in [-0.05, 0) is 42.8 Å². The maximum Gasteiger partial charge on any atom is 0.255 e. The molecule has 0 saturated heterocycles. The van der Waals surface area contributed by atoms with E-state index in [-0.39, 0.29) is 16.5 Å². The standard InChI is InChI=1S/C15H14ClN3O2/c1-8-2-3-9(6-13(8)17)15(21)19-10-4-5-12(16)11(7-10)14(18)20/h2-7H,17H2,1H3,(H2,18,20)(H,19,21). The van der Waals surface area contributed by atoms with Crippen molar-refractivity contribution in [3.63, 3.8) is 0 Å². The summed E-state index contributed by atoms with van der Waals surface area (Å²) in [7, 11) is 0. The molecule has 0 saturated carbocycles. The first-order valence-electron chi connectivity index (χ1n) is 6.15. The van der Waals surface area contributed by atoms with Crippen molar-refractivity contribution in [3.05, 3.63) is 58.1 Å². The van der Waals surface area contributed by atoms with Crippen molar-refractivity contribution in [1.29, 1.82) is 0 Å². The summed E-state index contributed by atoms with van der Waals surface area (Å²) in [5, 5.41) is 2.90. The molecule has 0 spiro atoms. The van der Waals surface area contributed by atoms with E-state index in [0.29, 0.717) is 16.9 Å². The fourth-order valence-corrected chi connectivity index (χ4v) is 1.99. The van der Waals surface area contributed by atoms with Gasteiger partial charge in [-0.25, -0.2) is 0 Å². The third-order valence-corrected chi connectivity index (χ3v) is 3.36. The van der Waals surface area contributed by atoms with Gasteiger partial charge in [0, 0.05) is 16.9 Å². The van der Waals surface area contributed by atoms with Gasteiger partial charge in [-0.15, -0.1) is 0 Å². The van der Waals surface area contributed by atoms with Crippen LogP contribution in [0.1, 0.15) is 26.3 Å². The molecule has 0 aliphatic heterocycles. The predicted molar refractivity (Wildman–Crippen MR) is 83.5 cm³/mol. The van der Waals surface area contributed by atoms with Gasteiger partial charge < -0.3 is 16.8 Å². The Bertz CT molecular complexity index is 729. The van der Waals surface area contributed by atoms with Gasteiger partial charge in [0.05, 0.1) is 10.6 Å². The second kappa shape index (κ2) is 5.85. The maximum atomic E-state index is 12.1. The Morgan fingerprint density at radius 1 is 1.14 bits per heavy atom. The Balaban J connectivity index is 2.25. The minimum absolute atomic E-state index is 0.151. The van der Waals surface area contributed by atoms with Gasteiger partial charge in [0.1, 0.15) is 0 Å². The van der Waals surface area contributed by atoms with Gasteiger partial charge in [0.15, 0.2) is 0 Å². The van der Waals surface area contributed by atoms with Crippen LogP contribution in [0.15, 0.2) is 36.4 Å². The average Bonchev–Trinajstić information content (AvgIpc) is 2.43. The Kier molecular flexibility index (Phi) is 4.14. The Hall–Kier alpha value is -2.53. The summed E-state index contributed by atoms with van der Waals surface area (Å²) < 4.78 is 0. The molecule has 2 aromatic carbocycles. The van der Waals surface area contributed by atoms with Crippen LogP contribution in [0.4, 0.5) is 11.4 Å². The molecule has 0 aliphatic carbocycles. The van der Waals surface area contributed by atoms with Crippen LogP contribution in [0.5, 0.6) is 0 Å². The molecule has 2 rings (SSSR count). The zero-order chi connectivity index (χ0) is 15.6. The molecule has 0 aliphatic rings. The van der Waals surface area contributed by atoms with Crippen LogP contribution in [0.2, 0.25) is 5.02 Å². The zero-order valence-electron chi connectivity index (χ0n) is 11.3. The molecule has 0 heterocycles. The third kappa shape index (κ3) is 3.32. The molecule has 2 amide bonds. The number of amides is 2. The summed E-state index contributed by atoms with van der Waals surface area (Å²) in [6.07, 6.45) is 0. The number of carbonyl (C=O) groups is 2. The Morgan fingerprint density at radius 3 is 2.48 bits per heavy atom. The van der Waals surface area contributed by atoms with E-state index >= 15 is 0 Å². The SMILES string of the molecule is Cc1ccc(C(=O)Nc2ccc(Cl)c(C(N)=O)c2)cc1N. The molecule has 2 aromatic rings. The van der Waals surface area contributed by atoms with Crippen LogP contribution in [0, 0.1) is 6.92 Å². The lowest BCUT2D eigenvalue weighted by molar-refractivity contribution is 0.0996. The first-order chi connectivity index (χ1) is 9.88. The first kappa shape index (κ1) is 14.9. The summed E-state index contributed by atoms with van der Waals surface area (Å²) in [4.78, 5) is 23.3. The van der Waals surface area contributed by atoms with Crippen LogP contribution in [0.25, 0.3) is 0 Å². The van der Waals surface area contributed by atoms with Gasteiger partial charge in [-0.2, -0.15) is 0 Å². The fourth-order valence-electron chi connectivity index (χ4n) is 1.78. The molecular formula is C15H14ClN3O2. The number of aryl methyl sites for hydroxylation is 1. The number of nitrogens with one attached hydrogen (secondary N) is 1. The monoisotopic (exact) mass is 303 g/mol. The Labute approximate surface area is 126 Å². The first-order valence-corrected chi connectivity index (χ1v) is 6.53. The number of anilines is 2. The van der Waals surface area contributed by atoms with Crippen molar-refractivity contribution in [2.75, 3.05) is 11.1 Å². The lowest BCUT2D eigenvalue weighted by Gasteiger charge is -2.09. The number of benzene rings is 2. The van der Waals surface area contributed by atoms with E-state index in [2.05, 4.69) is 5.32 Å². The van der Waals surface area contributed by atoms with Gasteiger partial charge >= 0.3 is 0 Å². The second-order valence-corrected chi connectivity index (χ2v) is 4.99. The summed E-state index contributed by atoms with van der Waals surface area (Å²) in [5.74, 6) is -0.991. The van der Waals surface area contributed by atoms with E-state index in [4.69, 9.17) is 23.1 Å². The predicted octanol–water partition coefficient (Wildman–Crippen LogP) is 2.58.